The Bertz CT molecular complexity index is 450. The molecule has 0 aromatic carbocycles. The fourth-order valence-corrected chi connectivity index (χ4v) is 2.94. The van der Waals surface area contributed by atoms with E-state index in [1.807, 2.05) is 0 Å². The van der Waals surface area contributed by atoms with Gasteiger partial charge in [0.15, 0.2) is 0 Å². The molecule has 0 radical (unpaired) electrons. The molecule has 0 amide bonds. The van der Waals surface area contributed by atoms with E-state index in [1.54, 1.807) is 0 Å². The summed E-state index contributed by atoms with van der Waals surface area (Å²) in [6.07, 6.45) is 6.24. The maximum atomic E-state index is 4.66. The Hall–Kier alpha value is -1.32. The lowest BCUT2D eigenvalue weighted by Crippen LogP contribution is -2.24. The maximum Gasteiger partial charge on any atom is 0.134 e. The Morgan fingerprint density at radius 3 is 2.20 bits per heavy atom. The summed E-state index contributed by atoms with van der Waals surface area (Å²) < 4.78 is 0. The standard InChI is InChI=1S/C16H28N4/c1-5-13-19-14(17-6-2)12(3)15(20-13)18-11-16(4)9-7-8-10-16/h5-11H2,1-4H3,(H2,17,18,19,20). The van der Waals surface area contributed by atoms with Crippen LogP contribution in [0.15, 0.2) is 0 Å². The second-order valence-corrected chi connectivity index (χ2v) is 6.22. The van der Waals surface area contributed by atoms with Crippen molar-refractivity contribution < 1.29 is 0 Å². The second-order valence-electron chi connectivity index (χ2n) is 6.22. The number of hydrogen-bond acceptors (Lipinski definition) is 4. The van der Waals surface area contributed by atoms with Gasteiger partial charge in [0.1, 0.15) is 17.5 Å². The van der Waals surface area contributed by atoms with Crippen LogP contribution in [-0.2, 0) is 6.42 Å². The van der Waals surface area contributed by atoms with E-state index in [0.717, 1.165) is 42.5 Å². The highest BCUT2D eigenvalue weighted by atomic mass is 15.1. The molecule has 0 aliphatic heterocycles. The average Bonchev–Trinajstić information content (AvgIpc) is 2.87. The molecule has 4 heteroatoms. The molecule has 0 saturated heterocycles. The van der Waals surface area contributed by atoms with E-state index < -0.39 is 0 Å². The average molecular weight is 276 g/mol. The first-order valence-corrected chi connectivity index (χ1v) is 7.93. The number of anilines is 2. The third-order valence-corrected chi connectivity index (χ3v) is 4.35. The van der Waals surface area contributed by atoms with Gasteiger partial charge in [-0.3, -0.25) is 0 Å². The lowest BCUT2D eigenvalue weighted by Gasteiger charge is -2.25. The summed E-state index contributed by atoms with van der Waals surface area (Å²) in [7, 11) is 0. The molecule has 20 heavy (non-hydrogen) atoms. The van der Waals surface area contributed by atoms with Gasteiger partial charge >= 0.3 is 0 Å². The third-order valence-electron chi connectivity index (χ3n) is 4.35. The Labute approximate surface area is 122 Å². The molecule has 2 N–H and O–H groups in total. The zero-order valence-electron chi connectivity index (χ0n) is 13.3. The molecule has 1 aromatic heterocycles. The predicted molar refractivity (Wildman–Crippen MR) is 85.4 cm³/mol. The molecule has 2 rings (SSSR count). The van der Waals surface area contributed by atoms with Crippen molar-refractivity contribution in [1.29, 1.82) is 0 Å². The zero-order valence-corrected chi connectivity index (χ0v) is 13.3. The van der Waals surface area contributed by atoms with E-state index >= 15 is 0 Å². The molecule has 0 atom stereocenters. The van der Waals surface area contributed by atoms with Crippen molar-refractivity contribution in [3.63, 3.8) is 0 Å². The van der Waals surface area contributed by atoms with E-state index in [-0.39, 0.29) is 0 Å². The Morgan fingerprint density at radius 2 is 1.65 bits per heavy atom. The maximum absolute atomic E-state index is 4.66. The number of hydrogen-bond donors (Lipinski definition) is 2. The predicted octanol–water partition coefficient (Wildman–Crippen LogP) is 3.77. The summed E-state index contributed by atoms with van der Waals surface area (Å²) in [6, 6.07) is 0. The molecular weight excluding hydrogens is 248 g/mol. The molecule has 0 spiro atoms. The number of rotatable bonds is 6. The van der Waals surface area contributed by atoms with Crippen molar-refractivity contribution in [3.8, 4) is 0 Å². The summed E-state index contributed by atoms with van der Waals surface area (Å²) >= 11 is 0. The lowest BCUT2D eigenvalue weighted by molar-refractivity contribution is 0.361. The van der Waals surface area contributed by atoms with Gasteiger partial charge in [-0.15, -0.1) is 0 Å². The van der Waals surface area contributed by atoms with Crippen LogP contribution >= 0.6 is 0 Å². The van der Waals surface area contributed by atoms with Crippen LogP contribution < -0.4 is 10.6 Å². The van der Waals surface area contributed by atoms with E-state index in [9.17, 15) is 0 Å². The minimum Gasteiger partial charge on any atom is -0.370 e. The summed E-state index contributed by atoms with van der Waals surface area (Å²) in [6.45, 7) is 10.6. The first kappa shape index (κ1) is 15.1. The fourth-order valence-electron chi connectivity index (χ4n) is 2.94. The molecule has 1 aliphatic carbocycles. The van der Waals surface area contributed by atoms with Gasteiger partial charge in [0.05, 0.1) is 0 Å². The molecule has 112 valence electrons. The number of nitrogens with zero attached hydrogens (tertiary/aromatic N) is 2. The van der Waals surface area contributed by atoms with Crippen LogP contribution in [0.1, 0.15) is 57.8 Å². The Kier molecular flexibility index (Phi) is 4.84. The Morgan fingerprint density at radius 1 is 1.05 bits per heavy atom. The van der Waals surface area contributed by atoms with Crippen LogP contribution in [0.3, 0.4) is 0 Å². The van der Waals surface area contributed by atoms with Crippen LogP contribution in [0.2, 0.25) is 0 Å². The molecule has 0 unspecified atom stereocenters. The van der Waals surface area contributed by atoms with Crippen molar-refractivity contribution in [2.75, 3.05) is 23.7 Å². The molecule has 1 heterocycles. The molecular formula is C16H28N4. The minimum atomic E-state index is 0.433. The van der Waals surface area contributed by atoms with Gasteiger partial charge in [0, 0.05) is 25.1 Å². The molecule has 4 nitrogen and oxygen atoms in total. The van der Waals surface area contributed by atoms with Crippen LogP contribution in [-0.4, -0.2) is 23.1 Å². The quantitative estimate of drug-likeness (QED) is 0.830. The van der Waals surface area contributed by atoms with E-state index in [4.69, 9.17) is 0 Å². The molecule has 1 aliphatic rings. The Balaban J connectivity index is 2.15. The number of aromatic nitrogens is 2. The van der Waals surface area contributed by atoms with Gasteiger partial charge < -0.3 is 10.6 Å². The van der Waals surface area contributed by atoms with E-state index in [2.05, 4.69) is 48.3 Å². The van der Waals surface area contributed by atoms with Crippen LogP contribution in [0.4, 0.5) is 11.6 Å². The SMILES string of the molecule is CCNc1nc(CC)nc(NCC2(C)CCCC2)c1C. The van der Waals surface area contributed by atoms with E-state index in [1.165, 1.54) is 25.7 Å². The fraction of sp³-hybridized carbons (Fsp3) is 0.750. The van der Waals surface area contributed by atoms with Crippen molar-refractivity contribution in [2.45, 2.75) is 59.8 Å². The highest BCUT2D eigenvalue weighted by Gasteiger charge is 2.28. The molecule has 1 saturated carbocycles. The van der Waals surface area contributed by atoms with Crippen molar-refractivity contribution >= 4 is 11.6 Å². The second kappa shape index (κ2) is 6.42. The number of nitrogens with one attached hydrogen (secondary N) is 2. The van der Waals surface area contributed by atoms with Crippen molar-refractivity contribution in [3.05, 3.63) is 11.4 Å². The largest absolute Gasteiger partial charge is 0.370 e. The normalized spacial score (nSPS) is 17.2. The van der Waals surface area contributed by atoms with Crippen LogP contribution in [0, 0.1) is 12.3 Å². The van der Waals surface area contributed by atoms with Gasteiger partial charge in [-0.25, -0.2) is 9.97 Å². The van der Waals surface area contributed by atoms with Crippen molar-refractivity contribution in [2.24, 2.45) is 5.41 Å². The molecule has 0 bridgehead atoms. The van der Waals surface area contributed by atoms with Gasteiger partial charge in [-0.2, -0.15) is 0 Å². The minimum absolute atomic E-state index is 0.433. The van der Waals surface area contributed by atoms with Gasteiger partial charge in [0.25, 0.3) is 0 Å². The monoisotopic (exact) mass is 276 g/mol. The smallest absolute Gasteiger partial charge is 0.134 e. The highest BCUT2D eigenvalue weighted by Crippen LogP contribution is 2.37. The zero-order chi connectivity index (χ0) is 14.6. The summed E-state index contributed by atoms with van der Waals surface area (Å²) in [4.78, 5) is 9.24. The topological polar surface area (TPSA) is 49.8 Å². The van der Waals surface area contributed by atoms with Crippen molar-refractivity contribution in [1.82, 2.24) is 9.97 Å². The van der Waals surface area contributed by atoms with E-state index in [0.29, 0.717) is 5.41 Å². The summed E-state index contributed by atoms with van der Waals surface area (Å²) in [5.74, 6) is 2.88. The highest BCUT2D eigenvalue weighted by molar-refractivity contribution is 5.57. The molecule has 1 aromatic rings. The van der Waals surface area contributed by atoms with Gasteiger partial charge in [-0.1, -0.05) is 26.7 Å². The van der Waals surface area contributed by atoms with Crippen LogP contribution in [0.25, 0.3) is 0 Å². The third kappa shape index (κ3) is 3.41. The summed E-state index contributed by atoms with van der Waals surface area (Å²) in [5, 5.41) is 6.92. The summed E-state index contributed by atoms with van der Waals surface area (Å²) in [5.41, 5.74) is 1.56. The molecule has 1 fully saturated rings. The lowest BCUT2D eigenvalue weighted by atomic mass is 9.89. The first-order valence-electron chi connectivity index (χ1n) is 7.93. The van der Waals surface area contributed by atoms with Gasteiger partial charge in [0.2, 0.25) is 0 Å². The van der Waals surface area contributed by atoms with Crippen LogP contribution in [0.5, 0.6) is 0 Å². The van der Waals surface area contributed by atoms with Gasteiger partial charge in [-0.05, 0) is 32.1 Å². The number of aryl methyl sites for hydroxylation is 1. The first-order chi connectivity index (χ1) is 9.58.